The number of hydrogen-bond donors (Lipinski definition) is 0. The maximum absolute atomic E-state index is 13.0. The van der Waals surface area contributed by atoms with Crippen molar-refractivity contribution in [1.82, 2.24) is 0 Å². The first-order chi connectivity index (χ1) is 12.4. The number of rotatable bonds is 5. The maximum Gasteiger partial charge on any atom is 0.455 e. The van der Waals surface area contributed by atoms with Crippen LogP contribution in [0.25, 0.3) is 10.8 Å². The van der Waals surface area contributed by atoms with Gasteiger partial charge >= 0.3 is 6.18 Å². The van der Waals surface area contributed by atoms with E-state index in [9.17, 15) is 18.0 Å². The van der Waals surface area contributed by atoms with E-state index in [4.69, 9.17) is 4.74 Å². The number of carbonyl (C=O) groups is 1. The number of carbonyl (C=O) groups excluding carboxylic acids is 1. The molecule has 0 N–H and O–H groups in total. The molecule has 2 nitrogen and oxygen atoms in total. The molecule has 0 aliphatic carbocycles. The van der Waals surface area contributed by atoms with E-state index in [2.05, 4.69) is 15.9 Å². The van der Waals surface area contributed by atoms with E-state index in [1.54, 1.807) is 24.3 Å². The van der Waals surface area contributed by atoms with Gasteiger partial charge in [0.1, 0.15) is 5.75 Å². The van der Waals surface area contributed by atoms with Gasteiger partial charge in [-0.25, -0.2) is 0 Å². The molecule has 0 aliphatic rings. The number of ether oxygens (including phenoxy) is 1. The predicted octanol–water partition coefficient (Wildman–Crippen LogP) is 5.97. The highest BCUT2D eigenvalue weighted by Gasteiger charge is 2.41. The van der Waals surface area contributed by atoms with Gasteiger partial charge in [-0.2, -0.15) is 13.2 Å². The molecular weight excluding hydrogens is 409 g/mol. The zero-order chi connectivity index (χ0) is 18.7. The fraction of sp³-hybridized carbons (Fsp3) is 0.150. The Kier molecular flexibility index (Phi) is 5.32. The highest BCUT2D eigenvalue weighted by Crippen LogP contribution is 2.38. The van der Waals surface area contributed by atoms with Crippen molar-refractivity contribution < 1.29 is 22.7 Å². The molecule has 0 bridgehead atoms. The average molecular weight is 423 g/mol. The minimum absolute atomic E-state index is 0.0398. The Morgan fingerprint density at radius 2 is 1.58 bits per heavy atom. The third kappa shape index (κ3) is 3.90. The van der Waals surface area contributed by atoms with Gasteiger partial charge in [0, 0.05) is 16.3 Å². The number of alkyl halides is 3. The van der Waals surface area contributed by atoms with Gasteiger partial charge in [0.2, 0.25) is 0 Å². The second-order valence-corrected chi connectivity index (χ2v) is 6.55. The number of benzene rings is 3. The molecule has 3 aromatic carbocycles. The molecule has 0 atom stereocenters. The van der Waals surface area contributed by atoms with Crippen molar-refractivity contribution in [2.45, 2.75) is 12.6 Å². The number of hydrogen-bond acceptors (Lipinski definition) is 2. The van der Waals surface area contributed by atoms with Gasteiger partial charge in [-0.15, -0.1) is 0 Å². The van der Waals surface area contributed by atoms with Gasteiger partial charge in [-0.1, -0.05) is 70.5 Å². The van der Waals surface area contributed by atoms with Crippen LogP contribution in [0.5, 0.6) is 5.75 Å². The molecule has 0 amide bonds. The lowest BCUT2D eigenvalue weighted by molar-refractivity contribution is -0.0886. The molecule has 0 heterocycles. The van der Waals surface area contributed by atoms with Gasteiger partial charge < -0.3 is 4.74 Å². The number of ketones is 1. The molecule has 0 saturated heterocycles. The number of fused-ring (bicyclic) bond motifs is 1. The Morgan fingerprint density at radius 1 is 0.962 bits per heavy atom. The van der Waals surface area contributed by atoms with Gasteiger partial charge in [-0.05, 0) is 17.0 Å². The van der Waals surface area contributed by atoms with Crippen LogP contribution >= 0.6 is 15.9 Å². The van der Waals surface area contributed by atoms with Crippen LogP contribution in [0.2, 0.25) is 0 Å². The summed E-state index contributed by atoms with van der Waals surface area (Å²) in [7, 11) is 0. The second kappa shape index (κ2) is 7.50. The fourth-order valence-electron chi connectivity index (χ4n) is 2.70. The zero-order valence-corrected chi connectivity index (χ0v) is 15.1. The summed E-state index contributed by atoms with van der Waals surface area (Å²) in [5.41, 5.74) is 0.508. The lowest BCUT2D eigenvalue weighted by Gasteiger charge is -2.16. The molecule has 0 fully saturated rings. The Balaban J connectivity index is 2.00. The van der Waals surface area contributed by atoms with E-state index in [1.807, 2.05) is 30.3 Å². The van der Waals surface area contributed by atoms with E-state index in [0.29, 0.717) is 21.7 Å². The molecule has 3 rings (SSSR count). The monoisotopic (exact) mass is 422 g/mol. The SMILES string of the molecule is O=C(c1cc(Br)c2ccccc2c1OCCc1ccccc1)C(F)(F)F. The summed E-state index contributed by atoms with van der Waals surface area (Å²) >= 11 is 3.25. The van der Waals surface area contributed by atoms with Crippen molar-refractivity contribution >= 4 is 32.5 Å². The fourth-order valence-corrected chi connectivity index (χ4v) is 3.27. The molecular formula is C20H14BrF3O2. The summed E-state index contributed by atoms with van der Waals surface area (Å²) in [6.07, 6.45) is -4.45. The summed E-state index contributed by atoms with van der Waals surface area (Å²) in [5, 5.41) is 1.14. The summed E-state index contributed by atoms with van der Waals surface area (Å²) in [6, 6.07) is 17.5. The van der Waals surface area contributed by atoms with Crippen LogP contribution in [-0.4, -0.2) is 18.6 Å². The third-order valence-electron chi connectivity index (χ3n) is 3.93. The van der Waals surface area contributed by atoms with E-state index < -0.39 is 17.5 Å². The first-order valence-corrected chi connectivity index (χ1v) is 8.66. The standard InChI is InChI=1S/C20H14BrF3O2/c21-17-12-16(19(25)20(22,23)24)18(15-9-5-4-8-14(15)17)26-11-10-13-6-2-1-3-7-13/h1-9,12H,10-11H2. The molecule has 0 spiro atoms. The highest BCUT2D eigenvalue weighted by molar-refractivity contribution is 9.10. The van der Waals surface area contributed by atoms with Gasteiger partial charge in [0.15, 0.2) is 0 Å². The van der Waals surface area contributed by atoms with Crippen LogP contribution < -0.4 is 4.74 Å². The van der Waals surface area contributed by atoms with Crippen LogP contribution in [0.15, 0.2) is 65.1 Å². The second-order valence-electron chi connectivity index (χ2n) is 5.69. The van der Waals surface area contributed by atoms with Crippen molar-refractivity contribution in [2.75, 3.05) is 6.61 Å². The van der Waals surface area contributed by atoms with Crippen LogP contribution in [0, 0.1) is 0 Å². The molecule has 134 valence electrons. The minimum Gasteiger partial charge on any atom is -0.492 e. The summed E-state index contributed by atoms with van der Waals surface area (Å²) in [6.45, 7) is 0.160. The first-order valence-electron chi connectivity index (χ1n) is 7.87. The van der Waals surface area contributed by atoms with Crippen LogP contribution in [0.1, 0.15) is 15.9 Å². The summed E-state index contributed by atoms with van der Waals surface area (Å²) in [5.74, 6) is -1.96. The molecule has 6 heteroatoms. The van der Waals surface area contributed by atoms with E-state index in [-0.39, 0.29) is 12.4 Å². The highest BCUT2D eigenvalue weighted by atomic mass is 79.9. The molecule has 0 aromatic heterocycles. The Hall–Kier alpha value is -2.34. The lowest BCUT2D eigenvalue weighted by Crippen LogP contribution is -2.23. The quantitative estimate of drug-likeness (QED) is 0.473. The largest absolute Gasteiger partial charge is 0.492 e. The number of halogens is 4. The van der Waals surface area contributed by atoms with Gasteiger partial charge in [0.25, 0.3) is 5.78 Å². The van der Waals surface area contributed by atoms with Crippen molar-refractivity contribution in [3.63, 3.8) is 0 Å². The smallest absolute Gasteiger partial charge is 0.455 e. The van der Waals surface area contributed by atoms with Crippen LogP contribution in [0.3, 0.4) is 0 Å². The van der Waals surface area contributed by atoms with E-state index >= 15 is 0 Å². The molecule has 0 saturated carbocycles. The van der Waals surface area contributed by atoms with Crippen LogP contribution in [0.4, 0.5) is 13.2 Å². The average Bonchev–Trinajstić information content (AvgIpc) is 2.63. The maximum atomic E-state index is 13.0. The van der Waals surface area contributed by atoms with Gasteiger partial charge in [-0.3, -0.25) is 4.79 Å². The van der Waals surface area contributed by atoms with Gasteiger partial charge in [0.05, 0.1) is 12.2 Å². The molecule has 3 aromatic rings. The van der Waals surface area contributed by atoms with Crippen molar-refractivity contribution in [3.05, 3.63) is 76.3 Å². The topological polar surface area (TPSA) is 26.3 Å². The Bertz CT molecular complexity index is 937. The van der Waals surface area contributed by atoms with Crippen molar-refractivity contribution in [3.8, 4) is 5.75 Å². The molecule has 0 aliphatic heterocycles. The first kappa shape index (κ1) is 18.5. The van der Waals surface area contributed by atoms with Crippen molar-refractivity contribution in [2.24, 2.45) is 0 Å². The zero-order valence-electron chi connectivity index (χ0n) is 13.5. The molecule has 0 radical (unpaired) electrons. The normalized spacial score (nSPS) is 11.5. The van der Waals surface area contributed by atoms with Crippen molar-refractivity contribution in [1.29, 1.82) is 0 Å². The predicted molar refractivity (Wildman–Crippen MR) is 97.7 cm³/mol. The summed E-state index contributed by atoms with van der Waals surface area (Å²) < 4.78 is 45.1. The minimum atomic E-state index is -4.97. The molecule has 0 unspecified atom stereocenters. The Labute approximate surface area is 156 Å². The van der Waals surface area contributed by atoms with E-state index in [1.165, 1.54) is 6.07 Å². The summed E-state index contributed by atoms with van der Waals surface area (Å²) in [4.78, 5) is 11.9. The molecule has 26 heavy (non-hydrogen) atoms. The van der Waals surface area contributed by atoms with Crippen LogP contribution in [-0.2, 0) is 6.42 Å². The third-order valence-corrected chi connectivity index (χ3v) is 4.58. The van der Waals surface area contributed by atoms with E-state index in [0.717, 1.165) is 5.56 Å². The number of Topliss-reactive ketones (excluding diaryl/α,β-unsaturated/α-hetero) is 1. The Morgan fingerprint density at radius 3 is 2.23 bits per heavy atom. The lowest BCUT2D eigenvalue weighted by atomic mass is 10.0.